The molecular formula is C14H22N2O12. The molecule has 160 valence electrons. The van der Waals surface area contributed by atoms with Crippen molar-refractivity contribution in [2.24, 2.45) is 0 Å². The van der Waals surface area contributed by atoms with Gasteiger partial charge in [0.1, 0.15) is 13.1 Å². The topological polar surface area (TPSA) is 230 Å². The highest BCUT2D eigenvalue weighted by molar-refractivity contribution is 5.80. The standard InChI is InChI=1S/C9H15NO6.C5H7NO6/c11-7(12)1-4-10(5-2-8(13)14)6-3-9(15)16;7-3(8)1-6(5(11)12)2-4(9)10/h1-6H2,(H,11,12)(H,13,14)(H,15,16);1-2H2,(H,7,8)(H,9,10)(H,11,12). The van der Waals surface area contributed by atoms with Crippen molar-refractivity contribution >= 4 is 35.9 Å². The van der Waals surface area contributed by atoms with Gasteiger partial charge in [-0.2, -0.15) is 0 Å². The normalized spacial score (nSPS) is 9.75. The SMILES string of the molecule is O=C(O)CCN(CCC(=O)O)CCC(=O)O.O=C(O)CN(CC(=O)O)C(=O)O. The Morgan fingerprint density at radius 1 is 0.500 bits per heavy atom. The lowest BCUT2D eigenvalue weighted by Gasteiger charge is -2.19. The van der Waals surface area contributed by atoms with E-state index in [1.54, 1.807) is 0 Å². The monoisotopic (exact) mass is 410 g/mol. The highest BCUT2D eigenvalue weighted by Gasteiger charge is 2.17. The average molecular weight is 410 g/mol. The molecule has 6 N–H and O–H groups in total. The van der Waals surface area contributed by atoms with Crippen LogP contribution in [0.4, 0.5) is 4.79 Å². The first-order valence-electron chi connectivity index (χ1n) is 7.64. The number of aliphatic carboxylic acids is 5. The van der Waals surface area contributed by atoms with E-state index in [-0.39, 0.29) is 43.8 Å². The smallest absolute Gasteiger partial charge is 0.408 e. The largest absolute Gasteiger partial charge is 0.481 e. The minimum atomic E-state index is -1.57. The van der Waals surface area contributed by atoms with Crippen molar-refractivity contribution in [1.82, 2.24) is 9.80 Å². The molecule has 14 heteroatoms. The number of amides is 1. The first-order chi connectivity index (χ1) is 12.8. The first-order valence-corrected chi connectivity index (χ1v) is 7.64. The predicted molar refractivity (Wildman–Crippen MR) is 88.1 cm³/mol. The van der Waals surface area contributed by atoms with Crippen molar-refractivity contribution in [1.29, 1.82) is 0 Å². The summed E-state index contributed by atoms with van der Waals surface area (Å²) >= 11 is 0. The van der Waals surface area contributed by atoms with Gasteiger partial charge in [-0.05, 0) is 0 Å². The Morgan fingerprint density at radius 2 is 0.786 bits per heavy atom. The van der Waals surface area contributed by atoms with Crippen LogP contribution in [-0.2, 0) is 24.0 Å². The summed E-state index contributed by atoms with van der Waals surface area (Å²) in [7, 11) is 0. The highest BCUT2D eigenvalue weighted by atomic mass is 16.4. The number of carboxylic acids is 5. The van der Waals surface area contributed by atoms with Crippen LogP contribution < -0.4 is 0 Å². The van der Waals surface area contributed by atoms with Crippen LogP contribution in [0.1, 0.15) is 19.3 Å². The van der Waals surface area contributed by atoms with Crippen LogP contribution in [0.25, 0.3) is 0 Å². The van der Waals surface area contributed by atoms with Crippen molar-refractivity contribution in [3.8, 4) is 0 Å². The highest BCUT2D eigenvalue weighted by Crippen LogP contribution is 1.97. The Labute approximate surface area is 158 Å². The summed E-state index contributed by atoms with van der Waals surface area (Å²) in [4.78, 5) is 62.9. The molecule has 0 aliphatic heterocycles. The van der Waals surface area contributed by atoms with Crippen molar-refractivity contribution < 1.29 is 59.4 Å². The molecule has 0 heterocycles. The summed E-state index contributed by atoms with van der Waals surface area (Å²) < 4.78 is 0. The zero-order valence-corrected chi connectivity index (χ0v) is 14.7. The molecule has 0 radical (unpaired) electrons. The quantitative estimate of drug-likeness (QED) is 0.211. The van der Waals surface area contributed by atoms with Crippen LogP contribution in [0.5, 0.6) is 0 Å². The van der Waals surface area contributed by atoms with Gasteiger partial charge in [-0.25, -0.2) is 4.79 Å². The van der Waals surface area contributed by atoms with Crippen molar-refractivity contribution in [3.05, 3.63) is 0 Å². The maximum Gasteiger partial charge on any atom is 0.408 e. The van der Waals surface area contributed by atoms with Crippen LogP contribution in [0.3, 0.4) is 0 Å². The zero-order valence-electron chi connectivity index (χ0n) is 14.7. The van der Waals surface area contributed by atoms with Crippen molar-refractivity contribution in [2.45, 2.75) is 19.3 Å². The van der Waals surface area contributed by atoms with E-state index < -0.39 is 49.0 Å². The Kier molecular flexibility index (Phi) is 14.1. The van der Waals surface area contributed by atoms with E-state index in [1.807, 2.05) is 0 Å². The second-order valence-electron chi connectivity index (χ2n) is 5.20. The second kappa shape index (κ2) is 14.7. The van der Waals surface area contributed by atoms with Crippen LogP contribution in [0.15, 0.2) is 0 Å². The fraction of sp³-hybridized carbons (Fsp3) is 0.571. The number of rotatable bonds is 13. The van der Waals surface area contributed by atoms with Gasteiger partial charge in [-0.15, -0.1) is 0 Å². The third-order valence-corrected chi connectivity index (χ3v) is 2.85. The molecule has 28 heavy (non-hydrogen) atoms. The molecule has 0 saturated carbocycles. The average Bonchev–Trinajstić information content (AvgIpc) is 2.52. The van der Waals surface area contributed by atoms with E-state index in [0.717, 1.165) is 0 Å². The lowest BCUT2D eigenvalue weighted by molar-refractivity contribution is -0.142. The molecule has 0 fully saturated rings. The van der Waals surface area contributed by atoms with Crippen molar-refractivity contribution in [3.63, 3.8) is 0 Å². The minimum Gasteiger partial charge on any atom is -0.481 e. The maximum absolute atomic E-state index is 10.3. The van der Waals surface area contributed by atoms with Gasteiger partial charge in [0.15, 0.2) is 0 Å². The summed E-state index contributed by atoms with van der Waals surface area (Å²) in [5.41, 5.74) is 0. The van der Waals surface area contributed by atoms with E-state index in [4.69, 9.17) is 30.6 Å². The number of carbonyl (C=O) groups is 6. The fourth-order valence-corrected chi connectivity index (χ4v) is 1.61. The summed E-state index contributed by atoms with van der Waals surface area (Å²) in [6.45, 7) is -1.18. The summed E-state index contributed by atoms with van der Waals surface area (Å²) in [5, 5.41) is 49.9. The summed E-state index contributed by atoms with van der Waals surface area (Å²) in [6, 6.07) is 0. The number of hydrogen-bond acceptors (Lipinski definition) is 7. The van der Waals surface area contributed by atoms with E-state index in [1.165, 1.54) is 4.90 Å². The van der Waals surface area contributed by atoms with Gasteiger partial charge >= 0.3 is 35.9 Å². The van der Waals surface area contributed by atoms with Crippen LogP contribution in [0.2, 0.25) is 0 Å². The molecule has 0 unspecified atom stereocenters. The minimum absolute atomic E-state index is 0.126. The van der Waals surface area contributed by atoms with Gasteiger partial charge in [-0.1, -0.05) is 0 Å². The third-order valence-electron chi connectivity index (χ3n) is 2.85. The molecule has 0 rings (SSSR count). The Balaban J connectivity index is 0. The number of nitrogens with zero attached hydrogens (tertiary/aromatic N) is 2. The van der Waals surface area contributed by atoms with Gasteiger partial charge in [-0.3, -0.25) is 28.9 Å². The molecule has 0 aliphatic carbocycles. The van der Waals surface area contributed by atoms with Crippen LogP contribution in [-0.4, -0.2) is 109 Å². The van der Waals surface area contributed by atoms with Gasteiger partial charge in [0.25, 0.3) is 0 Å². The molecule has 0 aromatic rings. The van der Waals surface area contributed by atoms with Gasteiger partial charge in [0.2, 0.25) is 0 Å². The molecular weight excluding hydrogens is 388 g/mol. The van der Waals surface area contributed by atoms with E-state index >= 15 is 0 Å². The number of carboxylic acid groups (broad SMARTS) is 6. The molecule has 0 bridgehead atoms. The molecule has 0 saturated heterocycles. The molecule has 0 aromatic heterocycles. The van der Waals surface area contributed by atoms with Gasteiger partial charge in [0, 0.05) is 19.6 Å². The summed E-state index contributed by atoms with van der Waals surface area (Å²) in [5.74, 6) is -5.75. The fourth-order valence-electron chi connectivity index (χ4n) is 1.61. The lowest BCUT2D eigenvalue weighted by Crippen LogP contribution is -2.38. The zero-order chi connectivity index (χ0) is 22.3. The molecule has 0 aliphatic rings. The summed E-state index contributed by atoms with van der Waals surface area (Å²) in [6.07, 6.45) is -1.95. The first kappa shape index (κ1) is 26.8. The molecule has 0 atom stereocenters. The van der Waals surface area contributed by atoms with Crippen LogP contribution >= 0.6 is 0 Å². The maximum atomic E-state index is 10.3. The predicted octanol–water partition coefficient (Wildman–Crippen LogP) is -1.15. The van der Waals surface area contributed by atoms with E-state index in [0.29, 0.717) is 0 Å². The van der Waals surface area contributed by atoms with E-state index in [2.05, 4.69) is 0 Å². The molecule has 14 nitrogen and oxygen atoms in total. The molecule has 0 aromatic carbocycles. The van der Waals surface area contributed by atoms with Crippen LogP contribution in [0, 0.1) is 0 Å². The second-order valence-corrected chi connectivity index (χ2v) is 5.20. The van der Waals surface area contributed by atoms with E-state index in [9.17, 15) is 28.8 Å². The Hall–Kier alpha value is -3.42. The van der Waals surface area contributed by atoms with Gasteiger partial charge in [0.05, 0.1) is 19.3 Å². The lowest BCUT2D eigenvalue weighted by atomic mass is 10.3. The van der Waals surface area contributed by atoms with Gasteiger partial charge < -0.3 is 35.5 Å². The molecule has 1 amide bonds. The Bertz CT molecular complexity index is 518. The van der Waals surface area contributed by atoms with Crippen molar-refractivity contribution in [2.75, 3.05) is 32.7 Å². The third kappa shape index (κ3) is 18.9. The Morgan fingerprint density at radius 3 is 0.964 bits per heavy atom. The number of hydrogen-bond donors (Lipinski definition) is 6. The molecule has 0 spiro atoms.